The van der Waals surface area contributed by atoms with Crippen LogP contribution < -0.4 is 9.64 Å². The fourth-order valence-electron chi connectivity index (χ4n) is 3.22. The summed E-state index contributed by atoms with van der Waals surface area (Å²) in [6.45, 7) is 2.54. The van der Waals surface area contributed by atoms with Gasteiger partial charge in [0.2, 0.25) is 5.91 Å². The molecule has 1 saturated heterocycles. The number of hydrogen-bond acceptors (Lipinski definition) is 5. The molecule has 1 fully saturated rings. The van der Waals surface area contributed by atoms with E-state index in [1.165, 1.54) is 0 Å². The first-order valence-electron chi connectivity index (χ1n) is 8.49. The van der Waals surface area contributed by atoms with Gasteiger partial charge < -0.3 is 14.2 Å². The molecule has 6 nitrogen and oxygen atoms in total. The van der Waals surface area contributed by atoms with Crippen molar-refractivity contribution >= 4 is 11.6 Å². The van der Waals surface area contributed by atoms with Gasteiger partial charge in [-0.05, 0) is 42.8 Å². The molecule has 4 rings (SSSR count). The maximum Gasteiger partial charge on any atom is 0.258 e. The lowest BCUT2D eigenvalue weighted by Gasteiger charge is -2.16. The van der Waals surface area contributed by atoms with Crippen LogP contribution in [0.15, 0.2) is 53.1 Å². The number of hydrogen-bond donors (Lipinski definition) is 0. The molecule has 1 amide bonds. The Morgan fingerprint density at radius 2 is 1.92 bits per heavy atom. The third-order valence-electron chi connectivity index (χ3n) is 4.69. The molecule has 26 heavy (non-hydrogen) atoms. The fourth-order valence-corrected chi connectivity index (χ4v) is 3.22. The van der Waals surface area contributed by atoms with Crippen LogP contribution in [0, 0.1) is 6.92 Å². The Morgan fingerprint density at radius 3 is 2.65 bits per heavy atom. The second kappa shape index (κ2) is 6.63. The predicted octanol–water partition coefficient (Wildman–Crippen LogP) is 3.57. The highest BCUT2D eigenvalue weighted by Gasteiger charge is 2.34. The van der Waals surface area contributed by atoms with E-state index in [2.05, 4.69) is 10.1 Å². The van der Waals surface area contributed by atoms with E-state index in [0.717, 1.165) is 22.6 Å². The van der Waals surface area contributed by atoms with Crippen LogP contribution in [0.1, 0.15) is 23.7 Å². The molecule has 0 saturated carbocycles. The fraction of sp³-hybridized carbons (Fsp3) is 0.250. The Morgan fingerprint density at radius 1 is 1.15 bits per heavy atom. The van der Waals surface area contributed by atoms with Crippen molar-refractivity contribution in [1.29, 1.82) is 0 Å². The molecule has 0 aliphatic carbocycles. The molecule has 0 N–H and O–H groups in total. The van der Waals surface area contributed by atoms with Gasteiger partial charge in [-0.1, -0.05) is 23.4 Å². The molecule has 1 aliphatic heterocycles. The summed E-state index contributed by atoms with van der Waals surface area (Å²) in [5.41, 5.74) is 2.84. The minimum atomic E-state index is -0.0777. The summed E-state index contributed by atoms with van der Waals surface area (Å²) in [6.07, 6.45) is 0.374. The van der Waals surface area contributed by atoms with E-state index in [1.54, 1.807) is 12.0 Å². The first-order chi connectivity index (χ1) is 12.7. The van der Waals surface area contributed by atoms with Gasteiger partial charge in [-0.2, -0.15) is 4.98 Å². The average Bonchev–Trinajstić information content (AvgIpc) is 3.29. The second-order valence-electron chi connectivity index (χ2n) is 6.38. The minimum Gasteiger partial charge on any atom is -0.497 e. The molecule has 1 aliphatic rings. The first kappa shape index (κ1) is 16.3. The molecule has 0 spiro atoms. The third-order valence-corrected chi connectivity index (χ3v) is 4.69. The lowest BCUT2D eigenvalue weighted by Crippen LogP contribution is -2.24. The van der Waals surface area contributed by atoms with E-state index < -0.39 is 0 Å². The van der Waals surface area contributed by atoms with Crippen molar-refractivity contribution in [2.75, 3.05) is 18.6 Å². The number of rotatable bonds is 4. The van der Waals surface area contributed by atoms with Gasteiger partial charge >= 0.3 is 0 Å². The number of amides is 1. The van der Waals surface area contributed by atoms with Crippen molar-refractivity contribution in [3.05, 3.63) is 59.9 Å². The second-order valence-corrected chi connectivity index (χ2v) is 6.38. The van der Waals surface area contributed by atoms with E-state index in [9.17, 15) is 4.79 Å². The standard InChI is InChI=1S/C20H19N3O3/c1-13-5-3-4-6-17(13)20-21-19(22-26-20)14-11-18(24)23(12-14)15-7-9-16(25-2)10-8-15/h3-10,14H,11-12H2,1-2H3/t14-/m1/s1. The monoisotopic (exact) mass is 349 g/mol. The normalized spacial score (nSPS) is 16.9. The van der Waals surface area contributed by atoms with Gasteiger partial charge in [0, 0.05) is 30.1 Å². The topological polar surface area (TPSA) is 68.5 Å². The van der Waals surface area contributed by atoms with Crippen molar-refractivity contribution in [3.8, 4) is 17.2 Å². The van der Waals surface area contributed by atoms with Crippen LogP contribution in [-0.4, -0.2) is 29.7 Å². The van der Waals surface area contributed by atoms with Gasteiger partial charge in [-0.3, -0.25) is 4.79 Å². The van der Waals surface area contributed by atoms with Gasteiger partial charge in [-0.15, -0.1) is 0 Å². The summed E-state index contributed by atoms with van der Waals surface area (Å²) >= 11 is 0. The highest BCUT2D eigenvalue weighted by Crippen LogP contribution is 2.32. The highest BCUT2D eigenvalue weighted by molar-refractivity contribution is 5.96. The summed E-state index contributed by atoms with van der Waals surface area (Å²) < 4.78 is 10.6. The van der Waals surface area contributed by atoms with Gasteiger partial charge in [0.05, 0.1) is 7.11 Å². The molecule has 6 heteroatoms. The number of aryl methyl sites for hydroxylation is 1. The quantitative estimate of drug-likeness (QED) is 0.720. The number of aromatic nitrogens is 2. The van der Waals surface area contributed by atoms with Gasteiger partial charge in [-0.25, -0.2) is 0 Å². The van der Waals surface area contributed by atoms with Crippen LogP contribution in [0.3, 0.4) is 0 Å². The van der Waals surface area contributed by atoms with E-state index >= 15 is 0 Å². The predicted molar refractivity (Wildman–Crippen MR) is 97.2 cm³/mol. The van der Waals surface area contributed by atoms with Crippen LogP contribution in [0.4, 0.5) is 5.69 Å². The smallest absolute Gasteiger partial charge is 0.258 e. The molecule has 3 aromatic rings. The Balaban J connectivity index is 1.55. The largest absolute Gasteiger partial charge is 0.497 e. The molecular weight excluding hydrogens is 330 g/mol. The SMILES string of the molecule is COc1ccc(N2C[C@H](c3noc(-c4ccccc4C)n3)CC2=O)cc1. The van der Waals surface area contributed by atoms with Crippen LogP contribution >= 0.6 is 0 Å². The zero-order valence-electron chi connectivity index (χ0n) is 14.7. The molecule has 0 bridgehead atoms. The van der Waals surface area contributed by atoms with Gasteiger partial charge in [0.25, 0.3) is 5.89 Å². The summed E-state index contributed by atoms with van der Waals surface area (Å²) in [4.78, 5) is 18.7. The Kier molecular flexibility index (Phi) is 4.16. The van der Waals surface area contributed by atoms with Crippen LogP contribution in [-0.2, 0) is 4.79 Å². The zero-order valence-corrected chi connectivity index (χ0v) is 14.7. The molecule has 2 heterocycles. The van der Waals surface area contributed by atoms with E-state index in [0.29, 0.717) is 24.7 Å². The molecule has 2 aromatic carbocycles. The lowest BCUT2D eigenvalue weighted by atomic mass is 10.1. The summed E-state index contributed by atoms with van der Waals surface area (Å²) in [5, 5.41) is 4.12. The van der Waals surface area contributed by atoms with Crippen LogP contribution in [0.2, 0.25) is 0 Å². The highest BCUT2D eigenvalue weighted by atomic mass is 16.5. The van der Waals surface area contributed by atoms with Gasteiger partial charge in [0.15, 0.2) is 5.82 Å². The molecule has 132 valence electrons. The van der Waals surface area contributed by atoms with Crippen molar-refractivity contribution < 1.29 is 14.1 Å². The third kappa shape index (κ3) is 2.94. The van der Waals surface area contributed by atoms with Gasteiger partial charge in [0.1, 0.15) is 5.75 Å². The lowest BCUT2D eigenvalue weighted by molar-refractivity contribution is -0.117. The van der Waals surface area contributed by atoms with Crippen molar-refractivity contribution in [1.82, 2.24) is 10.1 Å². The molecule has 0 unspecified atom stereocenters. The van der Waals surface area contributed by atoms with Crippen LogP contribution in [0.5, 0.6) is 5.75 Å². The zero-order chi connectivity index (χ0) is 18.1. The number of nitrogens with zero attached hydrogens (tertiary/aromatic N) is 3. The summed E-state index contributed by atoms with van der Waals surface area (Å²) in [7, 11) is 1.62. The van der Waals surface area contributed by atoms with Crippen molar-refractivity contribution in [2.45, 2.75) is 19.3 Å². The maximum atomic E-state index is 12.5. The van der Waals surface area contributed by atoms with Crippen LogP contribution in [0.25, 0.3) is 11.5 Å². The number of carbonyl (C=O) groups is 1. The molecule has 1 atom stereocenters. The Hall–Kier alpha value is -3.15. The number of anilines is 1. The van der Waals surface area contributed by atoms with Crippen molar-refractivity contribution in [2.24, 2.45) is 0 Å². The van der Waals surface area contributed by atoms with Crippen molar-refractivity contribution in [3.63, 3.8) is 0 Å². The number of carbonyl (C=O) groups excluding carboxylic acids is 1. The number of benzene rings is 2. The molecule has 1 aromatic heterocycles. The number of methoxy groups -OCH3 is 1. The Labute approximate surface area is 151 Å². The maximum absolute atomic E-state index is 12.5. The van der Waals surface area contributed by atoms with E-state index in [1.807, 2.05) is 55.5 Å². The average molecular weight is 349 g/mol. The number of ether oxygens (including phenoxy) is 1. The minimum absolute atomic E-state index is 0.0578. The summed E-state index contributed by atoms with van der Waals surface area (Å²) in [6, 6.07) is 15.3. The molecular formula is C20H19N3O3. The van der Waals surface area contributed by atoms with E-state index in [-0.39, 0.29) is 11.8 Å². The summed E-state index contributed by atoms with van der Waals surface area (Å²) in [5.74, 6) is 1.81. The Bertz CT molecular complexity index is 933. The molecule has 0 radical (unpaired) electrons. The van der Waals surface area contributed by atoms with E-state index in [4.69, 9.17) is 9.26 Å². The first-order valence-corrected chi connectivity index (χ1v) is 8.49.